The van der Waals surface area contributed by atoms with E-state index >= 15 is 0 Å². The number of para-hydroxylation sites is 1. The minimum absolute atomic E-state index is 0.0111. The summed E-state index contributed by atoms with van der Waals surface area (Å²) in [5.41, 5.74) is 1.43. The molecule has 5 aromatic rings. The number of nitrogens with one attached hydrogen (secondary N) is 1. The Morgan fingerprint density at radius 2 is 1.31 bits per heavy atom. The van der Waals surface area contributed by atoms with Gasteiger partial charge >= 0.3 is 10.1 Å². The van der Waals surface area contributed by atoms with Crippen molar-refractivity contribution in [1.82, 2.24) is 5.43 Å². The number of hydrogen-bond donors (Lipinski definition) is 2. The van der Waals surface area contributed by atoms with E-state index in [0.717, 1.165) is 10.8 Å². The van der Waals surface area contributed by atoms with Crippen LogP contribution < -0.4 is 9.61 Å². The maximum Gasteiger partial charge on any atom is 0.339 e. The lowest BCUT2D eigenvalue weighted by atomic mass is 9.85. The summed E-state index contributed by atoms with van der Waals surface area (Å²) in [5.74, 6) is -0.747. The molecular formula is C31H24N2O5S. The van der Waals surface area contributed by atoms with Crippen LogP contribution in [0.5, 0.6) is 5.75 Å². The molecule has 7 nitrogen and oxygen atoms in total. The third-order valence-electron chi connectivity index (χ3n) is 6.21. The van der Waals surface area contributed by atoms with Gasteiger partial charge in [-0.2, -0.15) is 13.5 Å². The monoisotopic (exact) mass is 536 g/mol. The van der Waals surface area contributed by atoms with E-state index < -0.39 is 21.6 Å². The molecule has 0 radical (unpaired) electrons. The molecule has 0 aromatic heterocycles. The SMILES string of the molecule is O=C(NN=Cc1ccccc1OS(=O)(=O)c1ccc2ccccc2c1)C(O)(c1ccccc1)c1ccccc1. The number of aliphatic hydroxyl groups is 1. The Bertz CT molecular complexity index is 1710. The van der Waals surface area contributed by atoms with Crippen molar-refractivity contribution in [2.45, 2.75) is 10.5 Å². The van der Waals surface area contributed by atoms with E-state index in [4.69, 9.17) is 4.18 Å². The summed E-state index contributed by atoms with van der Waals surface area (Å²) in [6, 6.07) is 35.7. The molecule has 0 spiro atoms. The number of nitrogens with zero attached hydrogens (tertiary/aromatic N) is 1. The molecule has 39 heavy (non-hydrogen) atoms. The lowest BCUT2D eigenvalue weighted by Crippen LogP contribution is -2.43. The third kappa shape index (κ3) is 5.43. The van der Waals surface area contributed by atoms with E-state index in [9.17, 15) is 18.3 Å². The van der Waals surface area contributed by atoms with E-state index in [2.05, 4.69) is 10.5 Å². The van der Waals surface area contributed by atoms with Crippen LogP contribution in [0.25, 0.3) is 10.8 Å². The van der Waals surface area contributed by atoms with Crippen molar-refractivity contribution < 1.29 is 22.5 Å². The third-order valence-corrected chi connectivity index (χ3v) is 7.44. The molecule has 194 valence electrons. The second-order valence-corrected chi connectivity index (χ2v) is 10.3. The van der Waals surface area contributed by atoms with Gasteiger partial charge in [0.1, 0.15) is 4.90 Å². The Morgan fingerprint density at radius 3 is 1.97 bits per heavy atom. The van der Waals surface area contributed by atoms with Gasteiger partial charge in [0.05, 0.1) is 6.21 Å². The Morgan fingerprint density at radius 1 is 0.744 bits per heavy atom. The Hall–Kier alpha value is -4.79. The summed E-state index contributed by atoms with van der Waals surface area (Å²) in [5, 5.41) is 17.2. The molecule has 0 aliphatic heterocycles. The van der Waals surface area contributed by atoms with Crippen LogP contribution in [0, 0.1) is 0 Å². The first kappa shape index (κ1) is 25.8. The van der Waals surface area contributed by atoms with Gasteiger partial charge < -0.3 is 9.29 Å². The zero-order valence-electron chi connectivity index (χ0n) is 20.6. The van der Waals surface area contributed by atoms with Crippen LogP contribution in [0.4, 0.5) is 0 Å². The van der Waals surface area contributed by atoms with Crippen molar-refractivity contribution in [2.75, 3.05) is 0 Å². The molecule has 5 rings (SSSR count). The smallest absolute Gasteiger partial charge is 0.339 e. The van der Waals surface area contributed by atoms with Crippen LogP contribution in [0.3, 0.4) is 0 Å². The van der Waals surface area contributed by atoms with Gasteiger partial charge in [-0.3, -0.25) is 4.79 Å². The van der Waals surface area contributed by atoms with Gasteiger partial charge in [0.15, 0.2) is 11.4 Å². The highest BCUT2D eigenvalue weighted by Crippen LogP contribution is 2.30. The van der Waals surface area contributed by atoms with Gasteiger partial charge in [-0.25, -0.2) is 5.43 Å². The largest absolute Gasteiger partial charge is 0.378 e. The highest BCUT2D eigenvalue weighted by atomic mass is 32.2. The second kappa shape index (κ2) is 10.9. The molecule has 1 amide bonds. The number of amides is 1. The lowest BCUT2D eigenvalue weighted by Gasteiger charge is -2.27. The molecule has 0 atom stereocenters. The van der Waals surface area contributed by atoms with Gasteiger partial charge in [0, 0.05) is 5.56 Å². The second-order valence-electron chi connectivity index (χ2n) is 8.73. The number of benzene rings is 5. The normalized spacial score (nSPS) is 11.9. The average Bonchev–Trinajstić information content (AvgIpc) is 2.98. The van der Waals surface area contributed by atoms with Crippen LogP contribution >= 0.6 is 0 Å². The van der Waals surface area contributed by atoms with Gasteiger partial charge in [0.25, 0.3) is 5.91 Å². The van der Waals surface area contributed by atoms with Gasteiger partial charge in [0.2, 0.25) is 0 Å². The lowest BCUT2D eigenvalue weighted by molar-refractivity contribution is -0.136. The quantitative estimate of drug-likeness (QED) is 0.165. The van der Waals surface area contributed by atoms with Crippen LogP contribution in [0.1, 0.15) is 16.7 Å². The van der Waals surface area contributed by atoms with E-state index in [1.165, 1.54) is 18.3 Å². The van der Waals surface area contributed by atoms with Gasteiger partial charge in [-0.1, -0.05) is 103 Å². The number of hydrogen-bond acceptors (Lipinski definition) is 6. The number of fused-ring (bicyclic) bond motifs is 1. The van der Waals surface area contributed by atoms with E-state index in [0.29, 0.717) is 16.7 Å². The minimum atomic E-state index is -4.15. The Balaban J connectivity index is 1.39. The number of carbonyl (C=O) groups is 1. The molecule has 0 heterocycles. The molecule has 0 bridgehead atoms. The fourth-order valence-corrected chi connectivity index (χ4v) is 5.17. The summed E-state index contributed by atoms with van der Waals surface area (Å²) < 4.78 is 31.6. The first-order valence-electron chi connectivity index (χ1n) is 12.1. The van der Waals surface area contributed by atoms with Crippen molar-refractivity contribution in [2.24, 2.45) is 5.10 Å². The van der Waals surface area contributed by atoms with Crippen LogP contribution in [-0.4, -0.2) is 25.6 Å². The maximum absolute atomic E-state index is 13.3. The van der Waals surface area contributed by atoms with E-state index in [1.54, 1.807) is 91.0 Å². The Kier molecular flexibility index (Phi) is 7.23. The molecule has 2 N–H and O–H groups in total. The highest BCUT2D eigenvalue weighted by Gasteiger charge is 2.39. The summed E-state index contributed by atoms with van der Waals surface area (Å²) in [7, 11) is -4.15. The standard InChI is InChI=1S/C31H24N2O5S/c34-30(31(35,26-14-3-1-4-15-26)27-16-5-2-6-17-27)33-32-22-25-13-9-10-18-29(25)38-39(36,37)28-20-19-23-11-7-8-12-24(23)21-28/h1-22,35H,(H,33,34). The predicted octanol–water partition coefficient (Wildman–Crippen LogP) is 4.99. The van der Waals surface area contributed by atoms with Crippen molar-refractivity contribution in [3.8, 4) is 5.75 Å². The van der Waals surface area contributed by atoms with Crippen molar-refractivity contribution in [3.63, 3.8) is 0 Å². The molecular weight excluding hydrogens is 512 g/mol. The fraction of sp³-hybridized carbons (Fsp3) is 0.0323. The number of hydrazone groups is 1. The average molecular weight is 537 g/mol. The predicted molar refractivity (Wildman–Crippen MR) is 150 cm³/mol. The Labute approximate surface area is 226 Å². The van der Waals surface area contributed by atoms with Gasteiger partial charge in [-0.05, 0) is 46.2 Å². The molecule has 5 aromatic carbocycles. The molecule has 0 saturated carbocycles. The summed E-state index contributed by atoms with van der Waals surface area (Å²) in [6.45, 7) is 0. The van der Waals surface area contributed by atoms with Gasteiger partial charge in [-0.15, -0.1) is 0 Å². The first-order chi connectivity index (χ1) is 18.9. The molecule has 0 fully saturated rings. The van der Waals surface area contributed by atoms with Crippen LogP contribution in [-0.2, 0) is 20.5 Å². The number of rotatable bonds is 8. The first-order valence-corrected chi connectivity index (χ1v) is 13.5. The molecule has 0 aliphatic carbocycles. The van der Waals surface area contributed by atoms with Crippen LogP contribution in [0.2, 0.25) is 0 Å². The molecule has 8 heteroatoms. The molecule has 0 saturated heterocycles. The summed E-state index contributed by atoms with van der Waals surface area (Å²) in [4.78, 5) is 13.3. The van der Waals surface area contributed by atoms with E-state index in [-0.39, 0.29) is 10.6 Å². The van der Waals surface area contributed by atoms with E-state index in [1.807, 2.05) is 24.3 Å². The van der Waals surface area contributed by atoms with Crippen molar-refractivity contribution in [1.29, 1.82) is 0 Å². The van der Waals surface area contributed by atoms with Crippen LogP contribution in [0.15, 0.2) is 137 Å². The fourth-order valence-electron chi connectivity index (χ4n) is 4.18. The zero-order valence-corrected chi connectivity index (χ0v) is 21.5. The summed E-state index contributed by atoms with van der Waals surface area (Å²) in [6.07, 6.45) is 1.26. The molecule has 0 aliphatic rings. The van der Waals surface area contributed by atoms with Crippen molar-refractivity contribution >= 4 is 33.0 Å². The molecule has 0 unspecified atom stereocenters. The van der Waals surface area contributed by atoms with Crippen molar-refractivity contribution in [3.05, 3.63) is 144 Å². The highest BCUT2D eigenvalue weighted by molar-refractivity contribution is 7.87. The summed E-state index contributed by atoms with van der Waals surface area (Å²) >= 11 is 0. The maximum atomic E-state index is 13.3. The zero-order chi connectivity index (χ0) is 27.3. The minimum Gasteiger partial charge on any atom is -0.378 e. The number of carbonyl (C=O) groups excluding carboxylic acids is 1. The topological polar surface area (TPSA) is 105 Å².